The van der Waals surface area contributed by atoms with E-state index in [9.17, 15) is 21.6 Å². The molecule has 0 bridgehead atoms. The molecule has 0 fully saturated rings. The fourth-order valence-corrected chi connectivity index (χ4v) is 4.38. The van der Waals surface area contributed by atoms with Crippen LogP contribution in [0.25, 0.3) is 5.69 Å². The van der Waals surface area contributed by atoms with Crippen molar-refractivity contribution in [3.8, 4) is 5.69 Å². The molecule has 2 aromatic carbocycles. The molecule has 3 rings (SSSR count). The van der Waals surface area contributed by atoms with Crippen LogP contribution in [0.4, 0.5) is 19.1 Å². The Morgan fingerprint density at radius 1 is 1.14 bits per heavy atom. The summed E-state index contributed by atoms with van der Waals surface area (Å²) in [5.74, 6) is 0.126. The van der Waals surface area contributed by atoms with Crippen molar-refractivity contribution in [2.45, 2.75) is 18.0 Å². The summed E-state index contributed by atoms with van der Waals surface area (Å²) in [5.41, 5.74) is -0.600. The lowest BCUT2D eigenvalue weighted by atomic mass is 10.0. The van der Waals surface area contributed by atoms with E-state index in [1.165, 1.54) is 11.6 Å². The van der Waals surface area contributed by atoms with Crippen LogP contribution in [0.15, 0.2) is 47.4 Å². The van der Waals surface area contributed by atoms with Gasteiger partial charge in [0, 0.05) is 11.8 Å². The highest BCUT2D eigenvalue weighted by Gasteiger charge is 2.37. The molecule has 0 spiro atoms. The van der Waals surface area contributed by atoms with Crippen molar-refractivity contribution in [2.75, 3.05) is 11.6 Å². The molecule has 1 N–H and O–H groups in total. The Balaban J connectivity index is 2.03. The van der Waals surface area contributed by atoms with Crippen molar-refractivity contribution in [2.24, 2.45) is 0 Å². The first kappa shape index (κ1) is 20.9. The number of benzene rings is 2. The molecule has 7 nitrogen and oxygen atoms in total. The minimum atomic E-state index is -4.83. The lowest BCUT2D eigenvalue weighted by Gasteiger charge is -2.17. The summed E-state index contributed by atoms with van der Waals surface area (Å²) in [6.45, 7) is 1.27. The van der Waals surface area contributed by atoms with Crippen LogP contribution >= 0.6 is 12.2 Å². The number of rotatable bonds is 4. The maximum atomic E-state index is 13.3. The molecule has 3 aromatic rings. The van der Waals surface area contributed by atoms with Crippen molar-refractivity contribution >= 4 is 33.0 Å². The third-order valence-corrected chi connectivity index (χ3v) is 5.61. The second kappa shape index (κ2) is 7.52. The third-order valence-electron chi connectivity index (χ3n) is 4.02. The van der Waals surface area contributed by atoms with Gasteiger partial charge in [0.2, 0.25) is 0 Å². The molecule has 0 radical (unpaired) electrons. The molecule has 0 saturated carbocycles. The Bertz CT molecular complexity index is 1180. The van der Waals surface area contributed by atoms with Crippen LogP contribution in [0.5, 0.6) is 0 Å². The van der Waals surface area contributed by atoms with Crippen LogP contribution < -0.4 is 5.32 Å². The van der Waals surface area contributed by atoms with E-state index in [-0.39, 0.29) is 22.1 Å². The second-order valence-electron chi connectivity index (χ2n) is 6.09. The molecular weight excluding hydrogens is 427 g/mol. The van der Waals surface area contributed by atoms with Crippen LogP contribution in [-0.4, -0.2) is 39.9 Å². The molecule has 0 saturated heterocycles. The highest BCUT2D eigenvalue weighted by atomic mass is 32.2. The van der Waals surface area contributed by atoms with E-state index in [1.807, 2.05) is 6.07 Å². The minimum absolute atomic E-state index is 0.0203. The number of nitrogens with one attached hydrogen (secondary N) is 1. The smallest absolute Gasteiger partial charge is 0.313 e. The summed E-state index contributed by atoms with van der Waals surface area (Å²) < 4.78 is 65.3. The van der Waals surface area contributed by atoms with Gasteiger partial charge in [0.15, 0.2) is 9.84 Å². The zero-order valence-corrected chi connectivity index (χ0v) is 16.7. The molecular formula is C17H14F3N5O2S2. The molecule has 152 valence electrons. The Hall–Kier alpha value is -2.86. The molecule has 1 aromatic heterocycles. The number of tetrazole rings is 1. The van der Waals surface area contributed by atoms with Crippen LogP contribution in [0, 0.1) is 6.92 Å². The van der Waals surface area contributed by atoms with Crippen LogP contribution in [0.2, 0.25) is 0 Å². The monoisotopic (exact) mass is 441 g/mol. The first-order chi connectivity index (χ1) is 13.5. The number of hydrogen-bond donors (Lipinski definition) is 1. The average Bonchev–Trinajstić information content (AvgIpc) is 3.08. The van der Waals surface area contributed by atoms with Crippen molar-refractivity contribution in [3.63, 3.8) is 0 Å². The molecule has 29 heavy (non-hydrogen) atoms. The fourth-order valence-electron chi connectivity index (χ4n) is 2.82. The largest absolute Gasteiger partial charge is 0.417 e. The van der Waals surface area contributed by atoms with Crippen molar-refractivity contribution in [1.29, 1.82) is 0 Å². The average molecular weight is 441 g/mol. The summed E-state index contributed by atoms with van der Waals surface area (Å²) >= 11 is 5.29. The number of sulfone groups is 1. The number of thiocarbonyl (C=S) groups is 1. The van der Waals surface area contributed by atoms with Crippen molar-refractivity contribution < 1.29 is 21.6 Å². The number of anilines is 1. The number of alkyl halides is 3. The van der Waals surface area contributed by atoms with Gasteiger partial charge in [-0.15, -0.1) is 0 Å². The number of aromatic nitrogens is 4. The number of hydrogen-bond acceptors (Lipinski definition) is 6. The lowest BCUT2D eigenvalue weighted by Crippen LogP contribution is -2.20. The number of halogens is 3. The highest BCUT2D eigenvalue weighted by molar-refractivity contribution is 7.90. The van der Waals surface area contributed by atoms with E-state index in [0.717, 1.165) is 12.3 Å². The topological polar surface area (TPSA) is 89.8 Å². The molecule has 0 aliphatic carbocycles. The van der Waals surface area contributed by atoms with Gasteiger partial charge in [-0.1, -0.05) is 41.6 Å². The third kappa shape index (κ3) is 4.27. The lowest BCUT2D eigenvalue weighted by molar-refractivity contribution is -0.139. The summed E-state index contributed by atoms with van der Waals surface area (Å²) in [5, 5.41) is 14.0. The second-order valence-corrected chi connectivity index (χ2v) is 8.45. The number of para-hydroxylation sites is 1. The maximum absolute atomic E-state index is 13.3. The molecule has 0 amide bonds. The first-order valence-corrected chi connectivity index (χ1v) is 10.4. The summed E-state index contributed by atoms with van der Waals surface area (Å²) in [6, 6.07) is 10.7. The van der Waals surface area contributed by atoms with Gasteiger partial charge in [0.05, 0.1) is 16.1 Å². The Morgan fingerprint density at radius 3 is 2.38 bits per heavy atom. The van der Waals surface area contributed by atoms with E-state index in [1.54, 1.807) is 24.3 Å². The van der Waals surface area contributed by atoms with Gasteiger partial charge in [0.1, 0.15) is 4.99 Å². The summed E-state index contributed by atoms with van der Waals surface area (Å²) in [7, 11) is -4.17. The zero-order chi connectivity index (χ0) is 21.4. The Kier molecular flexibility index (Phi) is 5.41. The van der Waals surface area contributed by atoms with E-state index in [2.05, 4.69) is 20.8 Å². The van der Waals surface area contributed by atoms with Crippen LogP contribution in [0.1, 0.15) is 16.7 Å². The first-order valence-electron chi connectivity index (χ1n) is 8.06. The van der Waals surface area contributed by atoms with Gasteiger partial charge < -0.3 is 5.32 Å². The van der Waals surface area contributed by atoms with E-state index >= 15 is 0 Å². The van der Waals surface area contributed by atoms with Crippen molar-refractivity contribution in [1.82, 2.24) is 20.2 Å². The predicted octanol–water partition coefficient (Wildman–Crippen LogP) is 3.18. The maximum Gasteiger partial charge on any atom is 0.417 e. The zero-order valence-electron chi connectivity index (χ0n) is 15.1. The van der Waals surface area contributed by atoms with E-state index in [4.69, 9.17) is 12.2 Å². The van der Waals surface area contributed by atoms with Crippen molar-refractivity contribution in [3.05, 3.63) is 59.2 Å². The minimum Gasteiger partial charge on any atom is -0.313 e. The number of nitrogens with zero attached hydrogens (tertiary/aromatic N) is 4. The highest BCUT2D eigenvalue weighted by Crippen LogP contribution is 2.37. The molecule has 0 aliphatic rings. The fraction of sp³-hybridized carbons (Fsp3) is 0.176. The van der Waals surface area contributed by atoms with Crippen LogP contribution in [-0.2, 0) is 16.0 Å². The predicted molar refractivity (Wildman–Crippen MR) is 104 cm³/mol. The summed E-state index contributed by atoms with van der Waals surface area (Å²) in [6.07, 6.45) is -4.10. The molecule has 12 heteroatoms. The quantitative estimate of drug-likeness (QED) is 0.622. The van der Waals surface area contributed by atoms with E-state index < -0.39 is 26.5 Å². The van der Waals surface area contributed by atoms with Gasteiger partial charge in [-0.3, -0.25) is 0 Å². The van der Waals surface area contributed by atoms with E-state index in [0.29, 0.717) is 11.8 Å². The molecule has 0 unspecified atom stereocenters. The Morgan fingerprint density at radius 2 is 1.79 bits per heavy atom. The molecule has 1 heterocycles. The van der Waals surface area contributed by atoms with Gasteiger partial charge in [-0.25, -0.2) is 8.42 Å². The van der Waals surface area contributed by atoms with Crippen LogP contribution in [0.3, 0.4) is 0 Å². The SMILES string of the molecule is Cc1c(C(=S)Nc2nnnn2-c2ccccc2)ccc(C(F)(F)F)c1S(C)(=O)=O. The standard InChI is InChI=1S/C17H14F3N5O2S2/c1-10-12(8-9-13(17(18,19)20)14(10)29(2,26)27)15(28)21-16-22-23-24-25(16)11-6-4-3-5-7-11/h3-9H,1-2H3,(H,21,22,24,28). The Labute approximate surface area is 169 Å². The normalized spacial score (nSPS) is 12.0. The molecule has 0 aliphatic heterocycles. The van der Waals surface area contributed by atoms with Gasteiger partial charge in [0.25, 0.3) is 5.95 Å². The van der Waals surface area contributed by atoms with Gasteiger partial charge in [-0.2, -0.15) is 17.9 Å². The summed E-state index contributed by atoms with van der Waals surface area (Å²) in [4.78, 5) is -0.831. The van der Waals surface area contributed by atoms with Gasteiger partial charge >= 0.3 is 6.18 Å². The van der Waals surface area contributed by atoms with Gasteiger partial charge in [-0.05, 0) is 41.1 Å². The molecule has 0 atom stereocenters.